The summed E-state index contributed by atoms with van der Waals surface area (Å²) >= 11 is 0. The molecular formula is C11H24O2. The summed E-state index contributed by atoms with van der Waals surface area (Å²) in [6, 6.07) is 0. The maximum absolute atomic E-state index is 9.53. The summed E-state index contributed by atoms with van der Waals surface area (Å²) in [6.07, 6.45) is 3.15. The van der Waals surface area contributed by atoms with Gasteiger partial charge in [0.25, 0.3) is 0 Å². The van der Waals surface area contributed by atoms with E-state index in [9.17, 15) is 10.2 Å². The molecule has 0 heterocycles. The average Bonchev–Trinajstić information content (AvgIpc) is 1.81. The summed E-state index contributed by atoms with van der Waals surface area (Å²) in [4.78, 5) is 0. The Morgan fingerprint density at radius 3 is 2.15 bits per heavy atom. The van der Waals surface area contributed by atoms with Gasteiger partial charge in [0, 0.05) is 0 Å². The van der Waals surface area contributed by atoms with Crippen LogP contribution in [0.5, 0.6) is 0 Å². The third-order valence-electron chi connectivity index (χ3n) is 2.07. The molecule has 0 aliphatic heterocycles. The minimum absolute atomic E-state index is 0.192. The summed E-state index contributed by atoms with van der Waals surface area (Å²) in [5.41, 5.74) is -0.586. The van der Waals surface area contributed by atoms with Crippen LogP contribution in [0.4, 0.5) is 0 Å². The summed E-state index contributed by atoms with van der Waals surface area (Å²) in [5.74, 6) is 0.553. The van der Waals surface area contributed by atoms with Crippen molar-refractivity contribution >= 4 is 0 Å². The highest BCUT2D eigenvalue weighted by molar-refractivity contribution is 4.67. The molecule has 0 saturated carbocycles. The molecule has 0 radical (unpaired) electrons. The van der Waals surface area contributed by atoms with Gasteiger partial charge in [-0.3, -0.25) is 0 Å². The number of aliphatic hydroxyl groups excluding tert-OH is 1. The zero-order valence-corrected chi connectivity index (χ0v) is 9.38. The summed E-state index contributed by atoms with van der Waals surface area (Å²) in [7, 11) is 0. The first-order valence-corrected chi connectivity index (χ1v) is 5.21. The van der Waals surface area contributed by atoms with Crippen molar-refractivity contribution in [3.8, 4) is 0 Å². The van der Waals surface area contributed by atoms with Crippen LogP contribution in [0, 0.1) is 5.92 Å². The number of aliphatic hydroxyl groups is 2. The first-order chi connectivity index (χ1) is 5.81. The van der Waals surface area contributed by atoms with Gasteiger partial charge in [-0.1, -0.05) is 13.8 Å². The van der Waals surface area contributed by atoms with E-state index >= 15 is 0 Å². The lowest BCUT2D eigenvalue weighted by molar-refractivity contribution is 0.0602. The molecule has 0 aromatic rings. The predicted molar refractivity (Wildman–Crippen MR) is 55.6 cm³/mol. The van der Waals surface area contributed by atoms with Crippen LogP contribution in [-0.4, -0.2) is 21.9 Å². The van der Waals surface area contributed by atoms with Crippen LogP contribution in [0.15, 0.2) is 0 Å². The molecule has 0 spiro atoms. The number of hydrogen-bond acceptors (Lipinski definition) is 2. The highest BCUT2D eigenvalue weighted by Crippen LogP contribution is 2.16. The maximum atomic E-state index is 9.53. The monoisotopic (exact) mass is 188 g/mol. The Balaban J connectivity index is 3.42. The molecule has 2 heteroatoms. The van der Waals surface area contributed by atoms with Crippen LogP contribution < -0.4 is 0 Å². The van der Waals surface area contributed by atoms with Crippen LogP contribution in [0.3, 0.4) is 0 Å². The van der Waals surface area contributed by atoms with Gasteiger partial charge in [0.2, 0.25) is 0 Å². The number of hydrogen-bond donors (Lipinski definition) is 2. The van der Waals surface area contributed by atoms with E-state index in [1.54, 1.807) is 0 Å². The van der Waals surface area contributed by atoms with E-state index in [1.165, 1.54) is 0 Å². The fourth-order valence-electron chi connectivity index (χ4n) is 1.43. The fourth-order valence-corrected chi connectivity index (χ4v) is 1.43. The average molecular weight is 188 g/mol. The lowest BCUT2D eigenvalue weighted by Crippen LogP contribution is -2.19. The highest BCUT2D eigenvalue weighted by Gasteiger charge is 2.13. The second-order valence-corrected chi connectivity index (χ2v) is 4.99. The van der Waals surface area contributed by atoms with Gasteiger partial charge < -0.3 is 10.2 Å². The molecular weight excluding hydrogens is 164 g/mol. The largest absolute Gasteiger partial charge is 0.393 e. The van der Waals surface area contributed by atoms with Crippen molar-refractivity contribution in [3.63, 3.8) is 0 Å². The van der Waals surface area contributed by atoms with Gasteiger partial charge in [0.1, 0.15) is 0 Å². The van der Waals surface area contributed by atoms with Crippen molar-refractivity contribution in [2.75, 3.05) is 0 Å². The molecule has 0 amide bonds. The molecule has 80 valence electrons. The zero-order chi connectivity index (χ0) is 10.5. The highest BCUT2D eigenvalue weighted by atomic mass is 16.3. The van der Waals surface area contributed by atoms with E-state index in [-0.39, 0.29) is 6.10 Å². The Bertz CT molecular complexity index is 125. The van der Waals surface area contributed by atoms with E-state index < -0.39 is 5.60 Å². The van der Waals surface area contributed by atoms with Crippen molar-refractivity contribution in [2.45, 2.75) is 65.1 Å². The van der Waals surface area contributed by atoms with Crippen LogP contribution in [0.2, 0.25) is 0 Å². The lowest BCUT2D eigenvalue weighted by atomic mass is 9.97. The summed E-state index contributed by atoms with van der Waals surface area (Å²) < 4.78 is 0. The smallest absolute Gasteiger partial charge is 0.0591 e. The SMILES string of the molecule is CC(C)CC(O)CCCC(C)(C)O. The van der Waals surface area contributed by atoms with Gasteiger partial charge in [-0.2, -0.15) is 0 Å². The first kappa shape index (κ1) is 12.9. The summed E-state index contributed by atoms with van der Waals surface area (Å²) in [5, 5.41) is 19.0. The second kappa shape index (κ2) is 5.61. The Morgan fingerprint density at radius 2 is 1.77 bits per heavy atom. The van der Waals surface area contributed by atoms with Gasteiger partial charge in [-0.25, -0.2) is 0 Å². The van der Waals surface area contributed by atoms with Crippen LogP contribution in [0.25, 0.3) is 0 Å². The molecule has 0 fully saturated rings. The van der Waals surface area contributed by atoms with Gasteiger partial charge >= 0.3 is 0 Å². The van der Waals surface area contributed by atoms with Crippen LogP contribution >= 0.6 is 0 Å². The topological polar surface area (TPSA) is 40.5 Å². The standard InChI is InChI=1S/C11H24O2/c1-9(2)8-10(12)6-5-7-11(3,4)13/h9-10,12-13H,5-8H2,1-4H3. The van der Waals surface area contributed by atoms with E-state index in [4.69, 9.17) is 0 Å². The van der Waals surface area contributed by atoms with Gasteiger partial charge in [-0.05, 0) is 45.4 Å². The van der Waals surface area contributed by atoms with Gasteiger partial charge in [0.05, 0.1) is 11.7 Å². The van der Waals surface area contributed by atoms with E-state index in [0.717, 1.165) is 25.7 Å². The van der Waals surface area contributed by atoms with Crippen molar-refractivity contribution in [3.05, 3.63) is 0 Å². The van der Waals surface area contributed by atoms with E-state index in [0.29, 0.717) is 5.92 Å². The lowest BCUT2D eigenvalue weighted by Gasteiger charge is -2.18. The first-order valence-electron chi connectivity index (χ1n) is 5.21. The molecule has 0 aliphatic carbocycles. The molecule has 1 atom stereocenters. The quantitative estimate of drug-likeness (QED) is 0.671. The molecule has 0 aromatic heterocycles. The van der Waals surface area contributed by atoms with Crippen molar-refractivity contribution in [2.24, 2.45) is 5.92 Å². The summed E-state index contributed by atoms with van der Waals surface area (Å²) in [6.45, 7) is 7.84. The van der Waals surface area contributed by atoms with Crippen molar-refractivity contribution in [1.82, 2.24) is 0 Å². The molecule has 0 aliphatic rings. The molecule has 1 unspecified atom stereocenters. The Morgan fingerprint density at radius 1 is 1.23 bits per heavy atom. The van der Waals surface area contributed by atoms with E-state index in [1.807, 2.05) is 13.8 Å². The molecule has 0 saturated heterocycles. The third-order valence-corrected chi connectivity index (χ3v) is 2.07. The van der Waals surface area contributed by atoms with Crippen molar-refractivity contribution < 1.29 is 10.2 Å². The molecule has 0 rings (SSSR count). The third kappa shape index (κ3) is 9.84. The zero-order valence-electron chi connectivity index (χ0n) is 9.38. The molecule has 0 bridgehead atoms. The Hall–Kier alpha value is -0.0800. The molecule has 2 N–H and O–H groups in total. The fraction of sp³-hybridized carbons (Fsp3) is 1.00. The predicted octanol–water partition coefficient (Wildman–Crippen LogP) is 2.33. The molecule has 0 aromatic carbocycles. The van der Waals surface area contributed by atoms with Crippen molar-refractivity contribution in [1.29, 1.82) is 0 Å². The van der Waals surface area contributed by atoms with Crippen LogP contribution in [-0.2, 0) is 0 Å². The Labute approximate surface area is 82.0 Å². The Kier molecular flexibility index (Phi) is 5.57. The minimum Gasteiger partial charge on any atom is -0.393 e. The van der Waals surface area contributed by atoms with Gasteiger partial charge in [0.15, 0.2) is 0 Å². The number of rotatable bonds is 6. The van der Waals surface area contributed by atoms with E-state index in [2.05, 4.69) is 13.8 Å². The normalized spacial score (nSPS) is 15.0. The van der Waals surface area contributed by atoms with Gasteiger partial charge in [-0.15, -0.1) is 0 Å². The minimum atomic E-state index is -0.586. The molecule has 13 heavy (non-hydrogen) atoms. The van der Waals surface area contributed by atoms with Crippen LogP contribution in [0.1, 0.15) is 53.4 Å². The maximum Gasteiger partial charge on any atom is 0.0591 e. The second-order valence-electron chi connectivity index (χ2n) is 4.99. The molecule has 2 nitrogen and oxygen atoms in total.